The first-order chi connectivity index (χ1) is 8.92. The van der Waals surface area contributed by atoms with E-state index in [4.69, 9.17) is 17.2 Å². The van der Waals surface area contributed by atoms with E-state index in [1.165, 1.54) is 12.8 Å². The second kappa shape index (κ2) is 7.58. The highest BCUT2D eigenvalue weighted by Crippen LogP contribution is 2.26. The van der Waals surface area contributed by atoms with Crippen LogP contribution in [-0.2, 0) is 0 Å². The summed E-state index contributed by atoms with van der Waals surface area (Å²) < 4.78 is 0. The standard InChI is InChI=1S/C15H34N4/c1-5-7-14-15(18)10(3)8-19(14)9-13(17)11(4)12(16)6-2/h10-15H,5-9,16-18H2,1-4H3. The summed E-state index contributed by atoms with van der Waals surface area (Å²) in [6.45, 7) is 10.8. The fourth-order valence-electron chi connectivity index (χ4n) is 3.26. The summed E-state index contributed by atoms with van der Waals surface area (Å²) in [5.41, 5.74) is 18.8. The molecule has 0 spiro atoms. The third-order valence-electron chi connectivity index (χ3n) is 4.94. The van der Waals surface area contributed by atoms with Crippen molar-refractivity contribution in [1.29, 1.82) is 0 Å². The van der Waals surface area contributed by atoms with Gasteiger partial charge in [-0.1, -0.05) is 34.1 Å². The maximum atomic E-state index is 6.36. The summed E-state index contributed by atoms with van der Waals surface area (Å²) in [5.74, 6) is 0.929. The Labute approximate surface area is 119 Å². The quantitative estimate of drug-likeness (QED) is 0.648. The third kappa shape index (κ3) is 4.15. The lowest BCUT2D eigenvalue weighted by atomic mass is 9.92. The molecule has 4 nitrogen and oxygen atoms in total. The van der Waals surface area contributed by atoms with Gasteiger partial charge in [-0.25, -0.2) is 0 Å². The van der Waals surface area contributed by atoms with Gasteiger partial charge in [0.15, 0.2) is 0 Å². The zero-order valence-corrected chi connectivity index (χ0v) is 13.2. The monoisotopic (exact) mass is 270 g/mol. The van der Waals surface area contributed by atoms with Crippen molar-refractivity contribution < 1.29 is 0 Å². The largest absolute Gasteiger partial charge is 0.327 e. The first-order valence-corrected chi connectivity index (χ1v) is 7.93. The van der Waals surface area contributed by atoms with E-state index in [2.05, 4.69) is 32.6 Å². The second-order valence-corrected chi connectivity index (χ2v) is 6.46. The molecule has 0 aromatic rings. The average Bonchev–Trinajstić information content (AvgIpc) is 2.65. The van der Waals surface area contributed by atoms with Crippen LogP contribution in [0.2, 0.25) is 0 Å². The van der Waals surface area contributed by atoms with Gasteiger partial charge in [0.05, 0.1) is 0 Å². The zero-order valence-electron chi connectivity index (χ0n) is 13.2. The highest BCUT2D eigenvalue weighted by molar-refractivity contribution is 4.95. The number of rotatable bonds is 7. The summed E-state index contributed by atoms with van der Waals surface area (Å²) in [5, 5.41) is 0. The van der Waals surface area contributed by atoms with Gasteiger partial charge in [-0.05, 0) is 24.7 Å². The molecule has 1 saturated heterocycles. The normalized spacial score (nSPS) is 33.3. The van der Waals surface area contributed by atoms with Gasteiger partial charge < -0.3 is 17.2 Å². The van der Waals surface area contributed by atoms with E-state index >= 15 is 0 Å². The van der Waals surface area contributed by atoms with Gasteiger partial charge in [-0.15, -0.1) is 0 Å². The second-order valence-electron chi connectivity index (χ2n) is 6.46. The Bertz CT molecular complexity index is 259. The fourth-order valence-corrected chi connectivity index (χ4v) is 3.26. The van der Waals surface area contributed by atoms with Gasteiger partial charge in [-0.2, -0.15) is 0 Å². The van der Waals surface area contributed by atoms with E-state index in [9.17, 15) is 0 Å². The van der Waals surface area contributed by atoms with Crippen LogP contribution in [0, 0.1) is 11.8 Å². The minimum atomic E-state index is 0.145. The van der Waals surface area contributed by atoms with Crippen molar-refractivity contribution in [3.8, 4) is 0 Å². The maximum absolute atomic E-state index is 6.36. The molecule has 0 aromatic carbocycles. The predicted molar refractivity (Wildman–Crippen MR) is 82.8 cm³/mol. The Kier molecular flexibility index (Phi) is 6.74. The van der Waals surface area contributed by atoms with Gasteiger partial charge in [0.1, 0.15) is 0 Å². The average molecular weight is 270 g/mol. The first-order valence-electron chi connectivity index (χ1n) is 7.93. The molecule has 0 aliphatic carbocycles. The van der Waals surface area contributed by atoms with Crippen molar-refractivity contribution in [3.05, 3.63) is 0 Å². The number of likely N-dealkylation sites (tertiary alicyclic amines) is 1. The lowest BCUT2D eigenvalue weighted by Crippen LogP contribution is -2.50. The molecule has 1 rings (SSSR count). The van der Waals surface area contributed by atoms with Crippen molar-refractivity contribution >= 4 is 0 Å². The molecule has 0 aromatic heterocycles. The molecular weight excluding hydrogens is 236 g/mol. The fraction of sp³-hybridized carbons (Fsp3) is 1.00. The van der Waals surface area contributed by atoms with E-state index in [0.29, 0.717) is 23.9 Å². The molecule has 0 amide bonds. The SMILES string of the molecule is CCCC1C(N)C(C)CN1CC(N)C(C)C(N)CC. The Balaban J connectivity index is 2.59. The molecule has 114 valence electrons. The van der Waals surface area contributed by atoms with Crippen molar-refractivity contribution in [3.63, 3.8) is 0 Å². The summed E-state index contributed by atoms with van der Waals surface area (Å²) in [6, 6.07) is 1.14. The predicted octanol–water partition coefficient (Wildman–Crippen LogP) is 1.13. The minimum Gasteiger partial charge on any atom is -0.327 e. The van der Waals surface area contributed by atoms with Crippen molar-refractivity contribution in [1.82, 2.24) is 4.90 Å². The topological polar surface area (TPSA) is 81.3 Å². The van der Waals surface area contributed by atoms with Crippen LogP contribution in [0.1, 0.15) is 47.0 Å². The molecule has 1 aliphatic rings. The molecule has 1 fully saturated rings. The van der Waals surface area contributed by atoms with Gasteiger partial charge >= 0.3 is 0 Å². The Morgan fingerprint density at radius 1 is 1.21 bits per heavy atom. The molecule has 0 radical (unpaired) electrons. The molecule has 6 unspecified atom stereocenters. The number of nitrogens with zero attached hydrogens (tertiary/aromatic N) is 1. The van der Waals surface area contributed by atoms with Crippen LogP contribution < -0.4 is 17.2 Å². The zero-order chi connectivity index (χ0) is 14.6. The van der Waals surface area contributed by atoms with Gasteiger partial charge in [-0.3, -0.25) is 4.90 Å². The molecule has 19 heavy (non-hydrogen) atoms. The Morgan fingerprint density at radius 3 is 2.37 bits per heavy atom. The van der Waals surface area contributed by atoms with E-state index in [0.717, 1.165) is 19.5 Å². The highest BCUT2D eigenvalue weighted by atomic mass is 15.2. The van der Waals surface area contributed by atoms with E-state index in [-0.39, 0.29) is 12.1 Å². The lowest BCUT2D eigenvalue weighted by molar-refractivity contribution is 0.193. The molecule has 1 aliphatic heterocycles. The maximum Gasteiger partial charge on any atom is 0.0250 e. The number of nitrogens with two attached hydrogens (primary N) is 3. The first kappa shape index (κ1) is 16.9. The number of hydrogen-bond acceptors (Lipinski definition) is 4. The Hall–Kier alpha value is -0.160. The van der Waals surface area contributed by atoms with Crippen LogP contribution in [0.25, 0.3) is 0 Å². The van der Waals surface area contributed by atoms with Crippen LogP contribution in [0.4, 0.5) is 0 Å². The summed E-state index contributed by atoms with van der Waals surface area (Å²) >= 11 is 0. The van der Waals surface area contributed by atoms with Gasteiger partial charge in [0, 0.05) is 37.3 Å². The van der Waals surface area contributed by atoms with Crippen LogP contribution in [0.15, 0.2) is 0 Å². The molecule has 0 saturated carbocycles. The highest BCUT2D eigenvalue weighted by Gasteiger charge is 2.37. The minimum absolute atomic E-state index is 0.145. The van der Waals surface area contributed by atoms with Crippen LogP contribution in [-0.4, -0.2) is 42.2 Å². The third-order valence-corrected chi connectivity index (χ3v) is 4.94. The van der Waals surface area contributed by atoms with Gasteiger partial charge in [0.2, 0.25) is 0 Å². The van der Waals surface area contributed by atoms with E-state index < -0.39 is 0 Å². The van der Waals surface area contributed by atoms with Crippen molar-refractivity contribution in [2.45, 2.75) is 71.1 Å². The lowest BCUT2D eigenvalue weighted by Gasteiger charge is -2.32. The Morgan fingerprint density at radius 2 is 1.84 bits per heavy atom. The van der Waals surface area contributed by atoms with Crippen LogP contribution in [0.3, 0.4) is 0 Å². The van der Waals surface area contributed by atoms with Crippen molar-refractivity contribution in [2.75, 3.05) is 13.1 Å². The molecular formula is C15H34N4. The molecule has 4 heteroatoms. The van der Waals surface area contributed by atoms with E-state index in [1.807, 2.05) is 0 Å². The molecule has 6 N–H and O–H groups in total. The summed E-state index contributed by atoms with van der Waals surface area (Å²) in [7, 11) is 0. The summed E-state index contributed by atoms with van der Waals surface area (Å²) in [4.78, 5) is 2.50. The van der Waals surface area contributed by atoms with E-state index in [1.54, 1.807) is 0 Å². The molecule has 0 bridgehead atoms. The summed E-state index contributed by atoms with van der Waals surface area (Å²) in [6.07, 6.45) is 3.34. The number of hydrogen-bond donors (Lipinski definition) is 3. The molecule has 1 heterocycles. The van der Waals surface area contributed by atoms with Crippen LogP contribution >= 0.6 is 0 Å². The smallest absolute Gasteiger partial charge is 0.0250 e. The molecule has 6 atom stereocenters. The van der Waals surface area contributed by atoms with Gasteiger partial charge in [0.25, 0.3) is 0 Å². The van der Waals surface area contributed by atoms with Crippen molar-refractivity contribution in [2.24, 2.45) is 29.0 Å². The van der Waals surface area contributed by atoms with Crippen LogP contribution in [0.5, 0.6) is 0 Å².